The van der Waals surface area contributed by atoms with Crippen LogP contribution in [0.5, 0.6) is 0 Å². The predicted octanol–water partition coefficient (Wildman–Crippen LogP) is 2.90. The summed E-state index contributed by atoms with van der Waals surface area (Å²) in [6.07, 6.45) is 2.06. The van der Waals surface area contributed by atoms with E-state index in [1.807, 2.05) is 0 Å². The largest absolute Gasteiger partial charge is 0.148 e. The molecule has 0 saturated carbocycles. The molecular formula is C3H10PS4+. The van der Waals surface area contributed by atoms with Gasteiger partial charge in [-0.25, -0.2) is 0 Å². The zero-order chi connectivity index (χ0) is 6.62. The number of hydrogen-bond acceptors (Lipinski definition) is 4. The molecule has 0 aromatic rings. The molecule has 5 heteroatoms. The van der Waals surface area contributed by atoms with E-state index in [0.717, 1.165) is 11.0 Å². The monoisotopic (exact) mass is 205 g/mol. The highest BCUT2D eigenvalue weighted by molar-refractivity contribution is 8.91. The van der Waals surface area contributed by atoms with Gasteiger partial charge in [-0.15, -0.1) is 25.3 Å². The Balaban J connectivity index is 3.58. The fourth-order valence-corrected chi connectivity index (χ4v) is 4.33. The average Bonchev–Trinajstić information content (AvgIpc) is 1.87. The molecule has 0 radical (unpaired) electrons. The molecule has 0 bridgehead atoms. The molecule has 0 atom stereocenters. The van der Waals surface area contributed by atoms with E-state index in [2.05, 4.69) is 43.8 Å². The van der Waals surface area contributed by atoms with Crippen molar-refractivity contribution in [3.8, 4) is 0 Å². The molecule has 0 aromatic carbocycles. The Morgan fingerprint density at radius 2 is 1.75 bits per heavy atom. The number of hydrogen-bond donors (Lipinski definition) is 3. The SMILES string of the molecule is CS[P+](S)(CS)CS. The van der Waals surface area contributed by atoms with Gasteiger partial charge in [0, 0.05) is 29.9 Å². The van der Waals surface area contributed by atoms with E-state index in [1.54, 1.807) is 11.4 Å². The van der Waals surface area contributed by atoms with Gasteiger partial charge in [0.25, 0.3) is 0 Å². The molecule has 0 aliphatic heterocycles. The lowest BCUT2D eigenvalue weighted by atomic mass is 11.9. The zero-order valence-corrected chi connectivity index (χ0v) is 9.01. The van der Waals surface area contributed by atoms with Crippen LogP contribution in [0.4, 0.5) is 0 Å². The minimum atomic E-state index is -1.07. The molecule has 50 valence electrons. The van der Waals surface area contributed by atoms with Crippen molar-refractivity contribution in [2.24, 2.45) is 0 Å². The van der Waals surface area contributed by atoms with Crippen molar-refractivity contribution in [3.05, 3.63) is 0 Å². The van der Waals surface area contributed by atoms with Gasteiger partial charge in [-0.05, 0) is 0 Å². The lowest BCUT2D eigenvalue weighted by Crippen LogP contribution is -1.79. The van der Waals surface area contributed by atoms with Crippen LogP contribution >= 0.6 is 54.6 Å². The van der Waals surface area contributed by atoms with Crippen LogP contribution in [0.2, 0.25) is 0 Å². The van der Waals surface area contributed by atoms with Crippen molar-refractivity contribution in [1.82, 2.24) is 0 Å². The third-order valence-electron chi connectivity index (χ3n) is 0.782. The minimum absolute atomic E-state index is 0.876. The van der Waals surface area contributed by atoms with Crippen molar-refractivity contribution < 1.29 is 0 Å². The van der Waals surface area contributed by atoms with Crippen molar-refractivity contribution >= 4 is 54.6 Å². The maximum absolute atomic E-state index is 4.44. The van der Waals surface area contributed by atoms with Crippen molar-refractivity contribution in [2.75, 3.05) is 17.2 Å². The fraction of sp³-hybridized carbons (Fsp3) is 1.00. The molecule has 0 amide bonds. The molecule has 0 heterocycles. The van der Waals surface area contributed by atoms with E-state index in [4.69, 9.17) is 0 Å². The van der Waals surface area contributed by atoms with Crippen molar-refractivity contribution in [1.29, 1.82) is 0 Å². The highest BCUT2D eigenvalue weighted by Gasteiger charge is 2.29. The Morgan fingerprint density at radius 1 is 1.38 bits per heavy atom. The summed E-state index contributed by atoms with van der Waals surface area (Å²) in [5.41, 5.74) is 0.679. The van der Waals surface area contributed by atoms with E-state index >= 15 is 0 Å². The van der Waals surface area contributed by atoms with Gasteiger partial charge in [0.2, 0.25) is 0 Å². The zero-order valence-electron chi connectivity index (χ0n) is 4.61. The average molecular weight is 205 g/mol. The Kier molecular flexibility index (Phi) is 5.67. The smallest absolute Gasteiger partial charge is 0.137 e. The van der Waals surface area contributed by atoms with Crippen LogP contribution in [0.3, 0.4) is 0 Å². The third kappa shape index (κ3) is 3.11. The minimum Gasteiger partial charge on any atom is -0.137 e. The maximum atomic E-state index is 4.44. The van der Waals surface area contributed by atoms with Gasteiger partial charge in [-0.1, -0.05) is 0 Å². The van der Waals surface area contributed by atoms with Crippen LogP contribution < -0.4 is 0 Å². The van der Waals surface area contributed by atoms with E-state index in [0.29, 0.717) is 0 Å². The third-order valence-corrected chi connectivity index (χ3v) is 12.9. The predicted molar refractivity (Wildman–Crippen MR) is 57.1 cm³/mol. The molecule has 0 unspecified atom stereocenters. The van der Waals surface area contributed by atoms with Crippen LogP contribution in [0.15, 0.2) is 0 Å². The molecule has 0 spiro atoms. The summed E-state index contributed by atoms with van der Waals surface area (Å²) >= 11 is 14.6. The molecule has 0 rings (SSSR count). The quantitative estimate of drug-likeness (QED) is 0.470. The highest BCUT2D eigenvalue weighted by atomic mass is 33.1. The normalized spacial score (nSPS) is 12.0. The van der Waals surface area contributed by atoms with Gasteiger partial charge in [0.05, 0.1) is 0 Å². The van der Waals surface area contributed by atoms with E-state index < -0.39 is 5.67 Å². The van der Waals surface area contributed by atoms with Gasteiger partial charge in [0.15, 0.2) is 0 Å². The van der Waals surface area contributed by atoms with Crippen LogP contribution in [0.1, 0.15) is 0 Å². The van der Waals surface area contributed by atoms with Gasteiger partial charge in [-0.3, -0.25) is 0 Å². The Labute approximate surface area is 71.6 Å². The first-order valence-electron chi connectivity index (χ1n) is 2.06. The van der Waals surface area contributed by atoms with Crippen molar-refractivity contribution in [3.63, 3.8) is 0 Å². The maximum Gasteiger partial charge on any atom is 0.148 e. The number of thiol groups is 3. The second-order valence-corrected chi connectivity index (χ2v) is 11.9. The fourth-order valence-electron chi connectivity index (χ4n) is 0.160. The Bertz CT molecular complexity index is 54.0. The number of rotatable bonds is 3. The van der Waals surface area contributed by atoms with E-state index in [-0.39, 0.29) is 0 Å². The summed E-state index contributed by atoms with van der Waals surface area (Å²) in [4.78, 5) is 0. The second kappa shape index (κ2) is 4.62. The molecule has 8 heavy (non-hydrogen) atoms. The lowest BCUT2D eigenvalue weighted by Gasteiger charge is -2.10. The topological polar surface area (TPSA) is 0 Å². The summed E-state index contributed by atoms with van der Waals surface area (Å²) in [6.45, 7) is 0. The van der Waals surface area contributed by atoms with Gasteiger partial charge < -0.3 is 0 Å². The van der Waals surface area contributed by atoms with E-state index in [9.17, 15) is 0 Å². The van der Waals surface area contributed by atoms with Gasteiger partial charge in [0.1, 0.15) is 16.7 Å². The summed E-state index contributed by atoms with van der Waals surface area (Å²) in [6, 6.07) is 0. The Hall–Kier alpha value is 1.83. The first kappa shape index (κ1) is 9.83. The summed E-state index contributed by atoms with van der Waals surface area (Å²) < 4.78 is 0. The second-order valence-electron chi connectivity index (χ2n) is 1.31. The van der Waals surface area contributed by atoms with Crippen LogP contribution in [-0.2, 0) is 0 Å². The molecule has 0 saturated heterocycles. The highest BCUT2D eigenvalue weighted by Crippen LogP contribution is 2.73. The lowest BCUT2D eigenvalue weighted by molar-refractivity contribution is 2.11. The molecule has 0 aliphatic carbocycles. The van der Waals surface area contributed by atoms with Crippen LogP contribution in [-0.4, -0.2) is 17.2 Å². The molecule has 0 fully saturated rings. The molecule has 0 aliphatic rings. The molecule has 0 N–H and O–H groups in total. The van der Waals surface area contributed by atoms with Crippen molar-refractivity contribution in [2.45, 2.75) is 0 Å². The molecule has 0 aromatic heterocycles. The molecule has 0 nitrogen and oxygen atoms in total. The Morgan fingerprint density at radius 3 is 1.75 bits per heavy atom. The van der Waals surface area contributed by atoms with Crippen LogP contribution in [0.25, 0.3) is 0 Å². The first-order chi connectivity index (χ1) is 3.68. The van der Waals surface area contributed by atoms with E-state index in [1.165, 1.54) is 0 Å². The van der Waals surface area contributed by atoms with Gasteiger partial charge >= 0.3 is 0 Å². The summed E-state index contributed by atoms with van der Waals surface area (Å²) in [5, 5.41) is 0. The van der Waals surface area contributed by atoms with Crippen LogP contribution in [0, 0.1) is 0 Å². The first-order valence-corrected chi connectivity index (χ1v) is 8.46. The standard InChI is InChI=1S/C3H9PS4/c1-8-4(7,2-5)3-6/h7H,2-3H2,1H3,(H-,5,6)/p+1. The summed E-state index contributed by atoms with van der Waals surface area (Å²) in [5.74, 6) is 0. The summed E-state index contributed by atoms with van der Waals surface area (Å²) in [7, 11) is 0. The molecular weight excluding hydrogens is 195 g/mol. The van der Waals surface area contributed by atoms with Gasteiger partial charge in [-0.2, -0.15) is 0 Å².